The summed E-state index contributed by atoms with van der Waals surface area (Å²) in [7, 11) is 0. The predicted molar refractivity (Wildman–Crippen MR) is 106 cm³/mol. The van der Waals surface area contributed by atoms with Crippen LogP contribution in [0.4, 0.5) is 17.6 Å². The highest BCUT2D eigenvalue weighted by atomic mass is 16.5. The van der Waals surface area contributed by atoms with E-state index in [-0.39, 0.29) is 0 Å². The van der Waals surface area contributed by atoms with Crippen molar-refractivity contribution in [3.63, 3.8) is 0 Å². The summed E-state index contributed by atoms with van der Waals surface area (Å²) in [4.78, 5) is 29.6. The number of H-pyrrole nitrogens is 1. The maximum Gasteiger partial charge on any atom is 0.227 e. The molecule has 0 amide bonds. The third-order valence-electron chi connectivity index (χ3n) is 5.29. The van der Waals surface area contributed by atoms with Crippen molar-refractivity contribution >= 4 is 28.7 Å². The molecular formula is C18H23N9O. The number of ether oxygens (including phenoxy) is 1. The molecule has 0 saturated carbocycles. The molecule has 3 aromatic heterocycles. The number of aromatic nitrogens is 6. The highest BCUT2D eigenvalue weighted by molar-refractivity contribution is 5.82. The van der Waals surface area contributed by atoms with Crippen LogP contribution in [0.25, 0.3) is 11.2 Å². The second kappa shape index (κ2) is 7.55. The van der Waals surface area contributed by atoms with Crippen molar-refractivity contribution in [1.29, 1.82) is 0 Å². The SMILES string of the molecule is c1cc(NC2CCN(c3ncnc4nc[nH]c34)CC2)nc(N2CCOCC2)n1. The van der Waals surface area contributed by atoms with E-state index in [9.17, 15) is 0 Å². The Morgan fingerprint density at radius 3 is 2.71 bits per heavy atom. The zero-order chi connectivity index (χ0) is 18.8. The first kappa shape index (κ1) is 17.1. The zero-order valence-electron chi connectivity index (χ0n) is 15.6. The summed E-state index contributed by atoms with van der Waals surface area (Å²) in [5.41, 5.74) is 1.61. The van der Waals surface area contributed by atoms with Crippen LogP contribution in [0.5, 0.6) is 0 Å². The molecule has 10 nitrogen and oxygen atoms in total. The Morgan fingerprint density at radius 1 is 1.00 bits per heavy atom. The Kier molecular flexibility index (Phi) is 4.61. The predicted octanol–water partition coefficient (Wildman–Crippen LogP) is 1.06. The molecule has 0 aliphatic carbocycles. The molecule has 3 aromatic rings. The van der Waals surface area contributed by atoms with Crippen LogP contribution in [0.15, 0.2) is 24.9 Å². The summed E-state index contributed by atoms with van der Waals surface area (Å²) < 4.78 is 5.41. The monoisotopic (exact) mass is 381 g/mol. The van der Waals surface area contributed by atoms with Gasteiger partial charge in [0.05, 0.1) is 19.5 Å². The number of hydrogen-bond acceptors (Lipinski definition) is 9. The van der Waals surface area contributed by atoms with Gasteiger partial charge in [-0.2, -0.15) is 4.98 Å². The van der Waals surface area contributed by atoms with Crippen molar-refractivity contribution in [2.45, 2.75) is 18.9 Å². The smallest absolute Gasteiger partial charge is 0.227 e. The molecule has 2 saturated heterocycles. The van der Waals surface area contributed by atoms with Gasteiger partial charge in [-0.25, -0.2) is 19.9 Å². The van der Waals surface area contributed by atoms with Crippen LogP contribution in [-0.4, -0.2) is 75.3 Å². The van der Waals surface area contributed by atoms with Crippen LogP contribution < -0.4 is 15.1 Å². The van der Waals surface area contributed by atoms with Gasteiger partial charge in [0.1, 0.15) is 17.7 Å². The van der Waals surface area contributed by atoms with E-state index in [1.54, 1.807) is 12.7 Å². The number of hydrogen-bond donors (Lipinski definition) is 2. The normalized spacial score (nSPS) is 18.6. The van der Waals surface area contributed by atoms with Crippen LogP contribution in [0.2, 0.25) is 0 Å². The van der Waals surface area contributed by atoms with Gasteiger partial charge in [-0.15, -0.1) is 0 Å². The number of anilines is 3. The molecule has 28 heavy (non-hydrogen) atoms. The van der Waals surface area contributed by atoms with E-state index >= 15 is 0 Å². The van der Waals surface area contributed by atoms with Gasteiger partial charge in [-0.05, 0) is 18.9 Å². The third kappa shape index (κ3) is 3.42. The number of nitrogens with zero attached hydrogens (tertiary/aromatic N) is 7. The van der Waals surface area contributed by atoms with E-state index in [2.05, 4.69) is 40.0 Å². The Labute approximate surface area is 162 Å². The van der Waals surface area contributed by atoms with Crippen molar-refractivity contribution in [3.8, 4) is 0 Å². The molecule has 10 heteroatoms. The lowest BCUT2D eigenvalue weighted by Crippen LogP contribution is -2.40. The van der Waals surface area contributed by atoms with Gasteiger partial charge in [0.2, 0.25) is 5.95 Å². The summed E-state index contributed by atoms with van der Waals surface area (Å²) >= 11 is 0. The molecule has 2 aliphatic heterocycles. The highest BCUT2D eigenvalue weighted by Crippen LogP contribution is 2.24. The quantitative estimate of drug-likeness (QED) is 0.686. The van der Waals surface area contributed by atoms with Crippen LogP contribution >= 0.6 is 0 Å². The standard InChI is InChI=1S/C18H23N9O/c1-4-19-18(27-7-9-28-10-8-27)25-14(1)24-13-2-5-26(6-3-13)17-15-16(21-11-20-15)22-12-23-17/h1,4,11-13H,2-3,5-10H2,(H,19,24,25)(H,20,21,22,23). The minimum atomic E-state index is 0.378. The Hall–Kier alpha value is -3.01. The summed E-state index contributed by atoms with van der Waals surface area (Å²) in [6, 6.07) is 2.32. The lowest BCUT2D eigenvalue weighted by molar-refractivity contribution is 0.122. The second-order valence-corrected chi connectivity index (χ2v) is 7.05. The van der Waals surface area contributed by atoms with Crippen molar-refractivity contribution in [2.75, 3.05) is 54.5 Å². The summed E-state index contributed by atoms with van der Waals surface area (Å²) in [6.45, 7) is 4.97. The van der Waals surface area contributed by atoms with Gasteiger partial charge in [-0.1, -0.05) is 0 Å². The van der Waals surface area contributed by atoms with E-state index in [4.69, 9.17) is 9.72 Å². The lowest BCUT2D eigenvalue weighted by atomic mass is 10.1. The third-order valence-corrected chi connectivity index (χ3v) is 5.29. The lowest BCUT2D eigenvalue weighted by Gasteiger charge is -2.33. The molecule has 2 N–H and O–H groups in total. The number of nitrogens with one attached hydrogen (secondary N) is 2. The van der Waals surface area contributed by atoms with Crippen molar-refractivity contribution < 1.29 is 4.74 Å². The van der Waals surface area contributed by atoms with Crippen LogP contribution in [0.3, 0.4) is 0 Å². The number of fused-ring (bicyclic) bond motifs is 1. The average molecular weight is 381 g/mol. The second-order valence-electron chi connectivity index (χ2n) is 7.05. The maximum atomic E-state index is 5.41. The minimum absolute atomic E-state index is 0.378. The number of imidazole rings is 1. The van der Waals surface area contributed by atoms with Gasteiger partial charge in [0.15, 0.2) is 11.5 Å². The molecule has 0 atom stereocenters. The summed E-state index contributed by atoms with van der Waals surface area (Å²) in [6.07, 6.45) is 7.09. The van der Waals surface area contributed by atoms with Crippen molar-refractivity contribution in [1.82, 2.24) is 29.9 Å². The Balaban J connectivity index is 1.22. The van der Waals surface area contributed by atoms with Gasteiger partial charge < -0.3 is 24.8 Å². The maximum absolute atomic E-state index is 5.41. The molecule has 0 unspecified atom stereocenters. The summed E-state index contributed by atoms with van der Waals surface area (Å²) in [5, 5.41) is 3.58. The van der Waals surface area contributed by atoms with Crippen molar-refractivity contribution in [2.24, 2.45) is 0 Å². The number of morpholine rings is 1. The average Bonchev–Trinajstić information content (AvgIpc) is 3.24. The number of rotatable bonds is 4. The molecule has 0 spiro atoms. The largest absolute Gasteiger partial charge is 0.378 e. The Morgan fingerprint density at radius 2 is 1.86 bits per heavy atom. The molecule has 0 aromatic carbocycles. The van der Waals surface area contributed by atoms with E-state index in [0.29, 0.717) is 11.7 Å². The molecule has 5 heterocycles. The molecule has 0 radical (unpaired) electrons. The fourth-order valence-corrected chi connectivity index (χ4v) is 3.78. The van der Waals surface area contributed by atoms with Gasteiger partial charge in [-0.3, -0.25) is 0 Å². The van der Waals surface area contributed by atoms with Gasteiger partial charge >= 0.3 is 0 Å². The van der Waals surface area contributed by atoms with E-state index in [1.807, 2.05) is 12.3 Å². The van der Waals surface area contributed by atoms with Crippen molar-refractivity contribution in [3.05, 3.63) is 24.9 Å². The van der Waals surface area contributed by atoms with Gasteiger partial charge in [0.25, 0.3) is 0 Å². The van der Waals surface area contributed by atoms with E-state index in [0.717, 1.165) is 75.3 Å². The van der Waals surface area contributed by atoms with Gasteiger partial charge in [0, 0.05) is 38.4 Å². The summed E-state index contributed by atoms with van der Waals surface area (Å²) in [5.74, 6) is 2.58. The highest BCUT2D eigenvalue weighted by Gasteiger charge is 2.23. The fourth-order valence-electron chi connectivity index (χ4n) is 3.78. The molecule has 2 aliphatic rings. The molecule has 2 fully saturated rings. The zero-order valence-corrected chi connectivity index (χ0v) is 15.6. The van der Waals surface area contributed by atoms with E-state index in [1.165, 1.54) is 0 Å². The number of aromatic amines is 1. The first-order valence-electron chi connectivity index (χ1n) is 9.68. The van der Waals surface area contributed by atoms with E-state index < -0.39 is 0 Å². The van der Waals surface area contributed by atoms with Crippen LogP contribution in [0.1, 0.15) is 12.8 Å². The van der Waals surface area contributed by atoms with Crippen LogP contribution in [0, 0.1) is 0 Å². The van der Waals surface area contributed by atoms with Crippen LogP contribution in [-0.2, 0) is 4.74 Å². The first-order chi connectivity index (χ1) is 13.9. The minimum Gasteiger partial charge on any atom is -0.378 e. The molecule has 5 rings (SSSR count). The molecular weight excluding hydrogens is 358 g/mol. The topological polar surface area (TPSA) is 108 Å². The first-order valence-corrected chi connectivity index (χ1v) is 9.68. The fraction of sp³-hybridized carbons (Fsp3) is 0.500. The number of piperidine rings is 1. The molecule has 146 valence electrons. The molecule has 0 bridgehead atoms. The Bertz CT molecular complexity index is 931.